The molecule has 0 spiro atoms. The van der Waals surface area contributed by atoms with E-state index < -0.39 is 0 Å². The van der Waals surface area contributed by atoms with E-state index in [-0.39, 0.29) is 11.0 Å². The summed E-state index contributed by atoms with van der Waals surface area (Å²) < 4.78 is 1.59. The van der Waals surface area contributed by atoms with Crippen LogP contribution in [0.5, 0.6) is 0 Å². The molecule has 0 unspecified atom stereocenters. The maximum absolute atomic E-state index is 12.4. The maximum Gasteiger partial charge on any atom is 0.258 e. The van der Waals surface area contributed by atoms with Crippen LogP contribution in [0.25, 0.3) is 10.9 Å². The van der Waals surface area contributed by atoms with Crippen LogP contribution in [0.4, 0.5) is 0 Å². The fourth-order valence-electron chi connectivity index (χ4n) is 3.45. The van der Waals surface area contributed by atoms with E-state index in [1.54, 1.807) is 17.7 Å². The van der Waals surface area contributed by atoms with E-state index in [4.69, 9.17) is 0 Å². The van der Waals surface area contributed by atoms with Gasteiger partial charge in [0.15, 0.2) is 5.43 Å². The SMILES string of the molecule is Cc1ccc2[nH]c(CN3Cc4nc(C)n(C)c(=O)c4C3)cc(=O)c2c1. The van der Waals surface area contributed by atoms with Gasteiger partial charge in [-0.25, -0.2) is 4.98 Å². The summed E-state index contributed by atoms with van der Waals surface area (Å²) in [7, 11) is 1.75. The Morgan fingerprint density at radius 2 is 1.96 bits per heavy atom. The molecule has 0 aliphatic carbocycles. The largest absolute Gasteiger partial charge is 0.357 e. The van der Waals surface area contributed by atoms with Crippen LogP contribution in [0.1, 0.15) is 28.3 Å². The number of benzene rings is 1. The highest BCUT2D eigenvalue weighted by Gasteiger charge is 2.25. The van der Waals surface area contributed by atoms with Gasteiger partial charge in [-0.05, 0) is 26.0 Å². The fraction of sp³-hybridized carbons (Fsp3) is 0.316. The third kappa shape index (κ3) is 2.68. The van der Waals surface area contributed by atoms with Crippen molar-refractivity contribution in [1.29, 1.82) is 0 Å². The number of fused-ring (bicyclic) bond motifs is 2. The minimum atomic E-state index is 0.0208. The summed E-state index contributed by atoms with van der Waals surface area (Å²) in [6.45, 7) is 5.58. The van der Waals surface area contributed by atoms with Gasteiger partial charge < -0.3 is 4.98 Å². The fourth-order valence-corrected chi connectivity index (χ4v) is 3.45. The Bertz CT molecular complexity index is 1110. The average molecular weight is 336 g/mol. The molecule has 6 nitrogen and oxygen atoms in total. The quantitative estimate of drug-likeness (QED) is 0.774. The van der Waals surface area contributed by atoms with Crippen LogP contribution in [0, 0.1) is 13.8 Å². The van der Waals surface area contributed by atoms with Gasteiger partial charge in [0.2, 0.25) is 0 Å². The first-order valence-electron chi connectivity index (χ1n) is 8.32. The van der Waals surface area contributed by atoms with Crippen LogP contribution < -0.4 is 11.0 Å². The molecule has 1 N–H and O–H groups in total. The number of aryl methyl sites for hydroxylation is 2. The van der Waals surface area contributed by atoms with E-state index in [1.165, 1.54) is 0 Å². The molecule has 3 heterocycles. The van der Waals surface area contributed by atoms with Crippen LogP contribution in [0.3, 0.4) is 0 Å². The van der Waals surface area contributed by atoms with Crippen molar-refractivity contribution in [1.82, 2.24) is 19.4 Å². The van der Waals surface area contributed by atoms with Gasteiger partial charge in [-0.15, -0.1) is 0 Å². The summed E-state index contributed by atoms with van der Waals surface area (Å²) in [5.74, 6) is 0.722. The number of aromatic nitrogens is 3. The second-order valence-corrected chi connectivity index (χ2v) is 6.80. The number of pyridine rings is 1. The molecule has 1 aromatic carbocycles. The van der Waals surface area contributed by atoms with E-state index in [0.29, 0.717) is 25.0 Å². The molecule has 3 aromatic rings. The van der Waals surface area contributed by atoms with Crippen molar-refractivity contribution in [3.05, 3.63) is 73.2 Å². The van der Waals surface area contributed by atoms with Crippen molar-refractivity contribution >= 4 is 10.9 Å². The molecule has 0 atom stereocenters. The molecular weight excluding hydrogens is 316 g/mol. The van der Waals surface area contributed by atoms with Gasteiger partial charge >= 0.3 is 0 Å². The number of aromatic amines is 1. The van der Waals surface area contributed by atoms with Crippen LogP contribution >= 0.6 is 0 Å². The lowest BCUT2D eigenvalue weighted by Gasteiger charge is -2.14. The summed E-state index contributed by atoms with van der Waals surface area (Å²) in [5.41, 5.74) is 4.41. The number of hydrogen-bond acceptors (Lipinski definition) is 4. The number of H-pyrrole nitrogens is 1. The van der Waals surface area contributed by atoms with Crippen LogP contribution in [0.2, 0.25) is 0 Å². The van der Waals surface area contributed by atoms with E-state index in [2.05, 4.69) is 14.9 Å². The van der Waals surface area contributed by atoms with Gasteiger partial charge in [0.1, 0.15) is 5.82 Å². The van der Waals surface area contributed by atoms with Gasteiger partial charge in [0, 0.05) is 49.3 Å². The minimum absolute atomic E-state index is 0.0208. The zero-order chi connectivity index (χ0) is 17.7. The maximum atomic E-state index is 12.4. The molecule has 0 fully saturated rings. The molecule has 2 aromatic heterocycles. The second-order valence-electron chi connectivity index (χ2n) is 6.80. The molecular formula is C19H20N4O2. The predicted molar refractivity (Wildman–Crippen MR) is 96.5 cm³/mol. The molecule has 0 bridgehead atoms. The number of hydrogen-bond donors (Lipinski definition) is 1. The molecule has 4 rings (SSSR count). The van der Waals surface area contributed by atoms with Crippen LogP contribution in [-0.4, -0.2) is 19.4 Å². The Kier molecular flexibility index (Phi) is 3.58. The lowest BCUT2D eigenvalue weighted by molar-refractivity contribution is 0.270. The molecule has 0 saturated carbocycles. The Labute approximate surface area is 144 Å². The highest BCUT2D eigenvalue weighted by Crippen LogP contribution is 2.20. The second kappa shape index (κ2) is 5.67. The van der Waals surface area contributed by atoms with Gasteiger partial charge in [-0.1, -0.05) is 11.6 Å². The third-order valence-corrected chi connectivity index (χ3v) is 4.88. The lowest BCUT2D eigenvalue weighted by atomic mass is 10.1. The van der Waals surface area contributed by atoms with Crippen molar-refractivity contribution < 1.29 is 0 Å². The van der Waals surface area contributed by atoms with E-state index in [9.17, 15) is 9.59 Å². The number of nitrogens with one attached hydrogen (secondary N) is 1. The molecule has 0 radical (unpaired) electrons. The zero-order valence-corrected chi connectivity index (χ0v) is 14.6. The van der Waals surface area contributed by atoms with Crippen molar-refractivity contribution in [2.45, 2.75) is 33.5 Å². The van der Waals surface area contributed by atoms with Crippen LogP contribution in [-0.2, 0) is 26.7 Å². The molecule has 1 aliphatic rings. The first-order valence-corrected chi connectivity index (χ1v) is 8.32. The number of nitrogens with zero attached hydrogens (tertiary/aromatic N) is 3. The summed E-state index contributed by atoms with van der Waals surface area (Å²) in [6.07, 6.45) is 0. The van der Waals surface area contributed by atoms with Crippen molar-refractivity contribution in [3.8, 4) is 0 Å². The molecule has 1 aliphatic heterocycles. The molecule has 6 heteroatoms. The Balaban J connectivity index is 1.65. The standard InChI is InChI=1S/C19H20N4O2/c1-11-4-5-16-14(6-11)18(24)7-13(21-16)8-23-9-15-17(10-23)20-12(2)22(3)19(15)25/h4-7H,8-10H2,1-3H3,(H,21,24). The van der Waals surface area contributed by atoms with Crippen LogP contribution in [0.15, 0.2) is 33.9 Å². The lowest BCUT2D eigenvalue weighted by Crippen LogP contribution is -2.25. The first-order chi connectivity index (χ1) is 11.9. The van der Waals surface area contributed by atoms with Gasteiger partial charge in [0.05, 0.1) is 11.3 Å². The van der Waals surface area contributed by atoms with Gasteiger partial charge in [-0.2, -0.15) is 0 Å². The summed E-state index contributed by atoms with van der Waals surface area (Å²) in [5, 5.41) is 0.708. The first kappa shape index (κ1) is 15.8. The minimum Gasteiger partial charge on any atom is -0.357 e. The highest BCUT2D eigenvalue weighted by molar-refractivity contribution is 5.79. The Morgan fingerprint density at radius 3 is 2.76 bits per heavy atom. The summed E-state index contributed by atoms with van der Waals surface area (Å²) >= 11 is 0. The molecule has 25 heavy (non-hydrogen) atoms. The molecule has 0 saturated heterocycles. The summed E-state index contributed by atoms with van der Waals surface area (Å²) in [4.78, 5) is 34.8. The van der Waals surface area contributed by atoms with E-state index in [0.717, 1.165) is 33.9 Å². The van der Waals surface area contributed by atoms with Gasteiger partial charge in [-0.3, -0.25) is 19.1 Å². The van der Waals surface area contributed by atoms with Crippen molar-refractivity contribution in [3.63, 3.8) is 0 Å². The topological polar surface area (TPSA) is 71.0 Å². The van der Waals surface area contributed by atoms with Gasteiger partial charge in [0.25, 0.3) is 5.56 Å². The average Bonchev–Trinajstić information content (AvgIpc) is 2.96. The molecule has 128 valence electrons. The third-order valence-electron chi connectivity index (χ3n) is 4.88. The van der Waals surface area contributed by atoms with Crippen molar-refractivity contribution in [2.24, 2.45) is 7.05 Å². The smallest absolute Gasteiger partial charge is 0.258 e. The van der Waals surface area contributed by atoms with E-state index >= 15 is 0 Å². The zero-order valence-electron chi connectivity index (χ0n) is 14.6. The monoisotopic (exact) mass is 336 g/mol. The number of rotatable bonds is 2. The summed E-state index contributed by atoms with van der Waals surface area (Å²) in [6, 6.07) is 7.49. The Hall–Kier alpha value is -2.73. The van der Waals surface area contributed by atoms with Crippen molar-refractivity contribution in [2.75, 3.05) is 0 Å². The highest BCUT2D eigenvalue weighted by atomic mass is 16.1. The van der Waals surface area contributed by atoms with E-state index in [1.807, 2.05) is 32.0 Å². The Morgan fingerprint density at radius 1 is 1.16 bits per heavy atom. The molecule has 0 amide bonds. The normalized spacial score (nSPS) is 14.2. The predicted octanol–water partition coefficient (Wildman–Crippen LogP) is 1.75.